The van der Waals surface area contributed by atoms with Crippen molar-refractivity contribution >= 4 is 39.7 Å². The lowest BCUT2D eigenvalue weighted by atomic mass is 10.1. The van der Waals surface area contributed by atoms with E-state index in [1.54, 1.807) is 6.20 Å². The zero-order valence-electron chi connectivity index (χ0n) is 15.4. The van der Waals surface area contributed by atoms with Crippen molar-refractivity contribution in [2.75, 3.05) is 11.1 Å². The Hall–Kier alpha value is -2.90. The van der Waals surface area contributed by atoms with E-state index in [4.69, 9.17) is 0 Å². The fourth-order valence-electron chi connectivity index (χ4n) is 3.63. The molecule has 29 heavy (non-hydrogen) atoms. The number of anilines is 1. The van der Waals surface area contributed by atoms with Crippen molar-refractivity contribution in [2.24, 2.45) is 0 Å². The molecule has 2 heterocycles. The molecular weight excluding hydrogens is 402 g/mol. The predicted molar refractivity (Wildman–Crippen MR) is 119 cm³/mol. The number of carbonyl (C=O) groups excluding carboxylic acids is 1. The second kappa shape index (κ2) is 7.50. The van der Waals surface area contributed by atoms with E-state index in [-0.39, 0.29) is 11.5 Å². The molecule has 0 radical (unpaired) electrons. The smallest absolute Gasteiger partial charge is 0.258 e. The fourth-order valence-corrected chi connectivity index (χ4v) is 5.09. The molecule has 1 aliphatic rings. The standard InChI is InChI=1S/C22H17N3O2S2/c26-20(13-28-12-17-11-21(27)25-7-8-29-22(25)24-17)23-16-5-6-19-15(10-16)9-14-3-1-2-4-18(14)19/h1-8,10-11H,9,12-13H2,(H,23,26). The molecule has 0 fully saturated rings. The summed E-state index contributed by atoms with van der Waals surface area (Å²) in [5.74, 6) is 0.777. The Bertz CT molecular complexity index is 1290. The molecule has 1 aliphatic carbocycles. The SMILES string of the molecule is O=C(CSCc1cc(=O)n2ccsc2n1)Nc1ccc2c(c1)Cc1ccccc1-2. The third-order valence-electron chi connectivity index (χ3n) is 4.92. The molecule has 0 atom stereocenters. The molecule has 1 amide bonds. The molecule has 2 aromatic carbocycles. The number of rotatable bonds is 5. The van der Waals surface area contributed by atoms with E-state index < -0.39 is 0 Å². The minimum atomic E-state index is -0.0876. The van der Waals surface area contributed by atoms with Crippen LogP contribution in [-0.4, -0.2) is 21.0 Å². The average molecular weight is 420 g/mol. The van der Waals surface area contributed by atoms with Crippen LogP contribution in [0.3, 0.4) is 0 Å². The lowest BCUT2D eigenvalue weighted by Gasteiger charge is -2.08. The number of nitrogens with one attached hydrogen (secondary N) is 1. The third kappa shape index (κ3) is 3.59. The first kappa shape index (κ1) is 18.1. The Balaban J connectivity index is 1.20. The second-order valence-corrected chi connectivity index (χ2v) is 8.75. The molecule has 7 heteroatoms. The number of thiazole rings is 1. The van der Waals surface area contributed by atoms with Crippen molar-refractivity contribution in [3.8, 4) is 11.1 Å². The summed E-state index contributed by atoms with van der Waals surface area (Å²) in [7, 11) is 0. The van der Waals surface area contributed by atoms with E-state index in [9.17, 15) is 9.59 Å². The van der Waals surface area contributed by atoms with E-state index in [1.165, 1.54) is 55.8 Å². The molecule has 4 aromatic rings. The number of thioether (sulfide) groups is 1. The quantitative estimate of drug-likeness (QED) is 0.464. The van der Waals surface area contributed by atoms with Crippen LogP contribution in [0.4, 0.5) is 5.69 Å². The Morgan fingerprint density at radius 3 is 2.93 bits per heavy atom. The lowest BCUT2D eigenvalue weighted by Crippen LogP contribution is -2.15. The number of hydrogen-bond acceptors (Lipinski definition) is 5. The van der Waals surface area contributed by atoms with Crippen molar-refractivity contribution in [3.05, 3.63) is 87.3 Å². The van der Waals surface area contributed by atoms with Gasteiger partial charge in [0.1, 0.15) is 0 Å². The fraction of sp³-hybridized carbons (Fsp3) is 0.136. The Kier molecular flexibility index (Phi) is 4.69. The van der Waals surface area contributed by atoms with Crippen LogP contribution in [0.1, 0.15) is 16.8 Å². The first-order valence-electron chi connectivity index (χ1n) is 9.22. The minimum Gasteiger partial charge on any atom is -0.325 e. The highest BCUT2D eigenvalue weighted by atomic mass is 32.2. The van der Waals surface area contributed by atoms with E-state index in [0.29, 0.717) is 22.2 Å². The molecule has 0 bridgehead atoms. The summed E-state index contributed by atoms with van der Waals surface area (Å²) in [6.45, 7) is 0. The normalized spacial score (nSPS) is 12.0. The monoisotopic (exact) mass is 419 g/mol. The van der Waals surface area contributed by atoms with Gasteiger partial charge >= 0.3 is 0 Å². The summed E-state index contributed by atoms with van der Waals surface area (Å²) in [6.07, 6.45) is 2.62. The maximum Gasteiger partial charge on any atom is 0.258 e. The number of benzene rings is 2. The number of nitrogens with zero attached hydrogens (tertiary/aromatic N) is 2. The van der Waals surface area contributed by atoms with Gasteiger partial charge in [-0.15, -0.1) is 23.1 Å². The third-order valence-corrected chi connectivity index (χ3v) is 6.64. The Morgan fingerprint density at radius 1 is 1.14 bits per heavy atom. The molecule has 5 rings (SSSR count). The molecule has 2 aromatic heterocycles. The van der Waals surface area contributed by atoms with Gasteiger partial charge in [-0.3, -0.25) is 14.0 Å². The molecule has 0 saturated heterocycles. The van der Waals surface area contributed by atoms with Gasteiger partial charge in [-0.2, -0.15) is 0 Å². The highest BCUT2D eigenvalue weighted by Crippen LogP contribution is 2.37. The van der Waals surface area contributed by atoms with Crippen LogP contribution in [0.15, 0.2) is 64.9 Å². The number of amides is 1. The van der Waals surface area contributed by atoms with Crippen molar-refractivity contribution in [3.63, 3.8) is 0 Å². The van der Waals surface area contributed by atoms with Crippen LogP contribution in [0, 0.1) is 0 Å². The van der Waals surface area contributed by atoms with E-state index >= 15 is 0 Å². The van der Waals surface area contributed by atoms with Crippen molar-refractivity contribution < 1.29 is 4.79 Å². The van der Waals surface area contributed by atoms with Crippen LogP contribution in [0.25, 0.3) is 16.1 Å². The number of aromatic nitrogens is 2. The second-order valence-electron chi connectivity index (χ2n) is 6.89. The van der Waals surface area contributed by atoms with Gasteiger partial charge in [-0.25, -0.2) is 4.98 Å². The van der Waals surface area contributed by atoms with Crippen molar-refractivity contribution in [2.45, 2.75) is 12.2 Å². The zero-order chi connectivity index (χ0) is 19.8. The van der Waals surface area contributed by atoms with Gasteiger partial charge in [0, 0.05) is 29.1 Å². The average Bonchev–Trinajstić information content (AvgIpc) is 3.32. The summed E-state index contributed by atoms with van der Waals surface area (Å²) in [5.41, 5.74) is 6.52. The van der Waals surface area contributed by atoms with E-state index in [2.05, 4.69) is 46.7 Å². The van der Waals surface area contributed by atoms with Gasteiger partial charge < -0.3 is 5.32 Å². The molecular formula is C22H17N3O2S2. The van der Waals surface area contributed by atoms with E-state index in [0.717, 1.165) is 12.1 Å². The molecule has 144 valence electrons. The summed E-state index contributed by atoms with van der Waals surface area (Å²) >= 11 is 2.88. The summed E-state index contributed by atoms with van der Waals surface area (Å²) in [4.78, 5) is 29.5. The van der Waals surface area contributed by atoms with Crippen molar-refractivity contribution in [1.29, 1.82) is 0 Å². The van der Waals surface area contributed by atoms with Gasteiger partial charge in [0.05, 0.1) is 11.4 Å². The number of fused-ring (bicyclic) bond motifs is 4. The van der Waals surface area contributed by atoms with Gasteiger partial charge in [0.25, 0.3) is 5.56 Å². The molecule has 5 nitrogen and oxygen atoms in total. The van der Waals surface area contributed by atoms with Crippen LogP contribution < -0.4 is 10.9 Å². The molecule has 0 spiro atoms. The maximum atomic E-state index is 12.3. The first-order valence-corrected chi connectivity index (χ1v) is 11.3. The molecule has 0 unspecified atom stereocenters. The van der Waals surface area contributed by atoms with Crippen LogP contribution >= 0.6 is 23.1 Å². The van der Waals surface area contributed by atoms with Crippen molar-refractivity contribution in [1.82, 2.24) is 9.38 Å². The van der Waals surface area contributed by atoms with E-state index in [1.807, 2.05) is 11.4 Å². The van der Waals surface area contributed by atoms with Crippen LogP contribution in [-0.2, 0) is 17.0 Å². The topological polar surface area (TPSA) is 63.5 Å². The number of carbonyl (C=O) groups is 1. The van der Waals surface area contributed by atoms with Crippen LogP contribution in [0.2, 0.25) is 0 Å². The molecule has 1 N–H and O–H groups in total. The number of hydrogen-bond donors (Lipinski definition) is 1. The Morgan fingerprint density at radius 2 is 2.00 bits per heavy atom. The zero-order valence-corrected chi connectivity index (χ0v) is 17.1. The Labute approximate surface area is 175 Å². The van der Waals surface area contributed by atoms with Crippen LogP contribution in [0.5, 0.6) is 0 Å². The van der Waals surface area contributed by atoms with Gasteiger partial charge in [-0.05, 0) is 40.8 Å². The maximum absolute atomic E-state index is 12.3. The van der Waals surface area contributed by atoms with Gasteiger partial charge in [-0.1, -0.05) is 30.3 Å². The highest BCUT2D eigenvalue weighted by molar-refractivity contribution is 7.99. The minimum absolute atomic E-state index is 0.0561. The summed E-state index contributed by atoms with van der Waals surface area (Å²) < 4.78 is 1.53. The molecule has 0 aliphatic heterocycles. The largest absolute Gasteiger partial charge is 0.325 e. The molecule has 0 saturated carbocycles. The van der Waals surface area contributed by atoms with Gasteiger partial charge in [0.2, 0.25) is 5.91 Å². The summed E-state index contributed by atoms with van der Waals surface area (Å²) in [6, 6.07) is 16.0. The first-order chi connectivity index (χ1) is 14.2. The lowest BCUT2D eigenvalue weighted by molar-refractivity contribution is -0.113. The summed E-state index contributed by atoms with van der Waals surface area (Å²) in [5, 5.41) is 4.81. The van der Waals surface area contributed by atoms with Gasteiger partial charge in [0.15, 0.2) is 4.96 Å². The highest BCUT2D eigenvalue weighted by Gasteiger charge is 2.18. The predicted octanol–water partition coefficient (Wildman–Crippen LogP) is 4.20.